The molecule has 0 amide bonds. The lowest BCUT2D eigenvalue weighted by Gasteiger charge is -2.10. The van der Waals surface area contributed by atoms with Gasteiger partial charge >= 0.3 is 6.36 Å². The number of hydrogen-bond donors (Lipinski definition) is 0. The Morgan fingerprint density at radius 1 is 1.17 bits per heavy atom. The quantitative estimate of drug-likeness (QED) is 0.675. The van der Waals surface area contributed by atoms with Crippen LogP contribution in [0.4, 0.5) is 13.2 Å². The summed E-state index contributed by atoms with van der Waals surface area (Å²) in [6.45, 7) is 2.89. The maximum atomic E-state index is 12.4. The highest BCUT2D eigenvalue weighted by Crippen LogP contribution is 2.29. The fourth-order valence-electron chi connectivity index (χ4n) is 2.36. The van der Waals surface area contributed by atoms with E-state index in [1.165, 1.54) is 12.1 Å². The largest absolute Gasteiger partial charge is 0.573 e. The number of nitriles is 1. The number of nitrogens with zero attached hydrogens (tertiary/aromatic N) is 3. The maximum absolute atomic E-state index is 12.4. The number of halogens is 3. The van der Waals surface area contributed by atoms with Gasteiger partial charge in [0.2, 0.25) is 0 Å². The lowest BCUT2D eigenvalue weighted by atomic mass is 10.1. The van der Waals surface area contributed by atoms with Crippen LogP contribution in [0.2, 0.25) is 0 Å². The Bertz CT molecular complexity index is 717. The van der Waals surface area contributed by atoms with Crippen molar-refractivity contribution >= 4 is 0 Å². The van der Waals surface area contributed by atoms with Gasteiger partial charge in [0.1, 0.15) is 5.75 Å². The maximum Gasteiger partial charge on any atom is 0.573 e. The van der Waals surface area contributed by atoms with E-state index in [0.717, 1.165) is 38.3 Å². The Labute approximate surface area is 138 Å². The molecule has 0 unspecified atom stereocenters. The average Bonchev–Trinajstić information content (AvgIpc) is 2.98. The molecule has 0 spiro atoms. The van der Waals surface area contributed by atoms with E-state index in [-0.39, 0.29) is 5.56 Å². The van der Waals surface area contributed by atoms with Gasteiger partial charge in [-0.25, -0.2) is 0 Å². The van der Waals surface area contributed by atoms with Gasteiger partial charge in [-0.3, -0.25) is 4.68 Å². The third-order valence-electron chi connectivity index (χ3n) is 3.48. The molecule has 0 aliphatic heterocycles. The van der Waals surface area contributed by atoms with E-state index in [9.17, 15) is 13.2 Å². The molecule has 0 aliphatic rings. The number of aromatic nitrogens is 2. The van der Waals surface area contributed by atoms with Crippen molar-refractivity contribution in [3.63, 3.8) is 0 Å². The van der Waals surface area contributed by atoms with Crippen molar-refractivity contribution in [1.82, 2.24) is 9.78 Å². The van der Waals surface area contributed by atoms with Crippen LogP contribution in [0.3, 0.4) is 0 Å². The number of benzene rings is 1. The van der Waals surface area contributed by atoms with Crippen molar-refractivity contribution < 1.29 is 17.9 Å². The first-order chi connectivity index (χ1) is 11.4. The van der Waals surface area contributed by atoms with Crippen molar-refractivity contribution in [1.29, 1.82) is 5.26 Å². The van der Waals surface area contributed by atoms with Crippen molar-refractivity contribution in [3.8, 4) is 22.9 Å². The van der Waals surface area contributed by atoms with E-state index in [1.807, 2.05) is 6.07 Å². The topological polar surface area (TPSA) is 50.8 Å². The Morgan fingerprint density at radius 3 is 2.62 bits per heavy atom. The summed E-state index contributed by atoms with van der Waals surface area (Å²) in [6, 6.07) is 5.68. The first-order valence-electron chi connectivity index (χ1n) is 7.75. The third-order valence-corrected chi connectivity index (χ3v) is 3.48. The number of rotatable bonds is 7. The second-order valence-electron chi connectivity index (χ2n) is 5.46. The average molecular weight is 337 g/mol. The molecule has 7 heteroatoms. The molecule has 1 heterocycles. The normalized spacial score (nSPS) is 11.3. The highest BCUT2D eigenvalue weighted by molar-refractivity contribution is 5.66. The second kappa shape index (κ2) is 7.86. The predicted octanol–water partition coefficient (Wildman–Crippen LogP) is 4.90. The lowest BCUT2D eigenvalue weighted by molar-refractivity contribution is -0.274. The SMILES string of the molecule is CCCCCCn1cc(-c2cc(C#N)cc(OC(F)(F)F)c2)cn1. The molecule has 4 nitrogen and oxygen atoms in total. The monoisotopic (exact) mass is 337 g/mol. The molecule has 0 saturated carbocycles. The zero-order valence-electron chi connectivity index (χ0n) is 13.3. The van der Waals surface area contributed by atoms with Crippen molar-refractivity contribution in [2.75, 3.05) is 0 Å². The highest BCUT2D eigenvalue weighted by atomic mass is 19.4. The van der Waals surface area contributed by atoms with Crippen LogP contribution >= 0.6 is 0 Å². The van der Waals surface area contributed by atoms with Crippen LogP contribution in [0.1, 0.15) is 38.2 Å². The summed E-state index contributed by atoms with van der Waals surface area (Å²) in [5, 5.41) is 13.2. The van der Waals surface area contributed by atoms with Gasteiger partial charge in [0.15, 0.2) is 0 Å². The van der Waals surface area contributed by atoms with Gasteiger partial charge in [-0.2, -0.15) is 10.4 Å². The minimum atomic E-state index is -4.80. The molecule has 2 aromatic rings. The van der Waals surface area contributed by atoms with Crippen LogP contribution in [-0.2, 0) is 6.54 Å². The molecule has 0 fully saturated rings. The number of alkyl halides is 3. The molecule has 24 heavy (non-hydrogen) atoms. The summed E-state index contributed by atoms with van der Waals surface area (Å²) in [5.41, 5.74) is 1.21. The van der Waals surface area contributed by atoms with Crippen LogP contribution < -0.4 is 4.74 Å². The number of hydrogen-bond acceptors (Lipinski definition) is 3. The minimum Gasteiger partial charge on any atom is -0.406 e. The van der Waals surface area contributed by atoms with E-state index in [4.69, 9.17) is 5.26 Å². The first kappa shape index (κ1) is 17.9. The molecule has 2 rings (SSSR count). The molecule has 1 aromatic carbocycles. The Hall–Kier alpha value is -2.49. The van der Waals surface area contributed by atoms with Gasteiger partial charge in [-0.1, -0.05) is 26.2 Å². The standard InChI is InChI=1S/C17H18F3N3O/c1-2-3-4-5-6-23-12-15(11-22-23)14-7-13(10-21)8-16(9-14)24-17(18,19)20/h7-9,11-12H,2-6H2,1H3. The van der Waals surface area contributed by atoms with Crippen LogP contribution in [0.15, 0.2) is 30.6 Å². The zero-order chi connectivity index (χ0) is 17.6. The fraction of sp³-hybridized carbons (Fsp3) is 0.412. The van der Waals surface area contributed by atoms with Crippen LogP contribution in [-0.4, -0.2) is 16.1 Å². The minimum absolute atomic E-state index is 0.0995. The van der Waals surface area contributed by atoms with Crippen LogP contribution in [0.5, 0.6) is 5.75 Å². The summed E-state index contributed by atoms with van der Waals surface area (Å²) in [5.74, 6) is -0.410. The molecular formula is C17H18F3N3O. The first-order valence-corrected chi connectivity index (χ1v) is 7.75. The fourth-order valence-corrected chi connectivity index (χ4v) is 2.36. The van der Waals surface area contributed by atoms with Gasteiger partial charge in [0, 0.05) is 18.3 Å². The number of aryl methyl sites for hydroxylation is 1. The van der Waals surface area contributed by atoms with Gasteiger partial charge in [0.25, 0.3) is 0 Å². The van der Waals surface area contributed by atoms with E-state index >= 15 is 0 Å². The summed E-state index contributed by atoms with van der Waals surface area (Å²) in [7, 11) is 0. The Morgan fingerprint density at radius 2 is 1.96 bits per heavy atom. The highest BCUT2D eigenvalue weighted by Gasteiger charge is 2.31. The molecule has 0 atom stereocenters. The molecule has 0 radical (unpaired) electrons. The van der Waals surface area contributed by atoms with Crippen molar-refractivity contribution in [2.45, 2.75) is 45.5 Å². The zero-order valence-corrected chi connectivity index (χ0v) is 13.3. The molecule has 0 bridgehead atoms. The lowest BCUT2D eigenvalue weighted by Crippen LogP contribution is -2.17. The molecule has 0 saturated heterocycles. The molecule has 128 valence electrons. The van der Waals surface area contributed by atoms with E-state index in [0.29, 0.717) is 11.1 Å². The number of unbranched alkanes of at least 4 members (excludes halogenated alkanes) is 3. The summed E-state index contributed by atoms with van der Waals surface area (Å²) in [4.78, 5) is 0. The Kier molecular flexibility index (Phi) is 5.85. The van der Waals surface area contributed by atoms with Gasteiger partial charge in [-0.15, -0.1) is 13.2 Å². The van der Waals surface area contributed by atoms with Crippen LogP contribution in [0, 0.1) is 11.3 Å². The molecule has 0 aliphatic carbocycles. The van der Waals surface area contributed by atoms with E-state index < -0.39 is 12.1 Å². The molecular weight excluding hydrogens is 319 g/mol. The van der Waals surface area contributed by atoms with Crippen LogP contribution in [0.25, 0.3) is 11.1 Å². The Balaban J connectivity index is 2.17. The van der Waals surface area contributed by atoms with Gasteiger partial charge in [0.05, 0.1) is 17.8 Å². The smallest absolute Gasteiger partial charge is 0.406 e. The molecule has 0 N–H and O–H groups in total. The van der Waals surface area contributed by atoms with Gasteiger partial charge in [-0.05, 0) is 30.2 Å². The second-order valence-corrected chi connectivity index (χ2v) is 5.46. The third kappa shape index (κ3) is 5.30. The summed E-state index contributed by atoms with van der Waals surface area (Å²) < 4.78 is 42.9. The molecule has 1 aromatic heterocycles. The predicted molar refractivity (Wildman–Crippen MR) is 83.2 cm³/mol. The number of ether oxygens (including phenoxy) is 1. The van der Waals surface area contributed by atoms with Crippen molar-refractivity contribution in [2.24, 2.45) is 0 Å². The summed E-state index contributed by atoms with van der Waals surface area (Å²) in [6.07, 6.45) is 2.96. The van der Waals surface area contributed by atoms with Crippen molar-refractivity contribution in [3.05, 3.63) is 36.2 Å². The van der Waals surface area contributed by atoms with E-state index in [2.05, 4.69) is 16.8 Å². The summed E-state index contributed by atoms with van der Waals surface area (Å²) >= 11 is 0. The van der Waals surface area contributed by atoms with E-state index in [1.54, 1.807) is 17.1 Å². The van der Waals surface area contributed by atoms with Gasteiger partial charge < -0.3 is 4.74 Å².